The van der Waals surface area contributed by atoms with Gasteiger partial charge < -0.3 is 44.2 Å². The van der Waals surface area contributed by atoms with Crippen molar-refractivity contribution in [2.75, 3.05) is 12.3 Å². The number of rotatable bonds is 13. The number of carbonyl (C=O) groups excluding carboxylic acids is 1. The number of aromatic nitrogens is 5. The van der Waals surface area contributed by atoms with Crippen LogP contribution >= 0.6 is 7.75 Å². The van der Waals surface area contributed by atoms with E-state index in [1.165, 1.54) is 10.9 Å². The summed E-state index contributed by atoms with van der Waals surface area (Å²) in [6, 6.07) is 5.61. The van der Waals surface area contributed by atoms with Crippen LogP contribution in [-0.4, -0.2) is 73.6 Å². The zero-order valence-electron chi connectivity index (χ0n) is 26.5. The SMILES string of the molecule is CC(C)O[C@@H]1[C@H](OC(C)C)[C@@H](COP(=O)([O-])NC(Cc2c[nH]c3ccccc23)C(=O)[O-])O[C@H]1n1cnc2c(=O)[nH]c(N)nc21.[Na+].[Na+]. The number of H-pyrrole nitrogens is 2. The Hall–Kier alpha value is -1.63. The van der Waals surface area contributed by atoms with Gasteiger partial charge in [0.1, 0.15) is 18.3 Å². The smallest absolute Gasteiger partial charge is 0.766 e. The van der Waals surface area contributed by atoms with Gasteiger partial charge in [0, 0.05) is 17.1 Å². The van der Waals surface area contributed by atoms with E-state index in [0.29, 0.717) is 5.56 Å². The number of aliphatic carboxylic acids is 1. The van der Waals surface area contributed by atoms with Gasteiger partial charge in [-0.05, 0) is 45.7 Å². The number of hydrogen-bond acceptors (Lipinski definition) is 12. The Morgan fingerprint density at radius 1 is 1.17 bits per heavy atom. The number of ether oxygens (including phenoxy) is 3. The van der Waals surface area contributed by atoms with Crippen molar-refractivity contribution in [3.63, 3.8) is 0 Å². The quantitative estimate of drug-likeness (QED) is 0.0764. The summed E-state index contributed by atoms with van der Waals surface area (Å²) in [5.74, 6) is -1.75. The van der Waals surface area contributed by atoms with Crippen molar-refractivity contribution in [3.05, 3.63) is 52.7 Å². The minimum atomic E-state index is -4.97. The second-order valence-electron chi connectivity index (χ2n) is 11.0. The normalized spacial score (nSPS) is 21.7. The number of hydrogen-bond donors (Lipinski definition) is 4. The van der Waals surface area contributed by atoms with Gasteiger partial charge in [-0.15, -0.1) is 0 Å². The molecule has 0 radical (unpaired) electrons. The third-order valence-corrected chi connectivity index (χ3v) is 8.09. The van der Waals surface area contributed by atoms with Crippen molar-refractivity contribution in [2.45, 2.75) is 76.9 Å². The Balaban J connectivity index is 0.00000288. The summed E-state index contributed by atoms with van der Waals surface area (Å²) in [7, 11) is -4.97. The Bertz CT molecular complexity index is 1750. The monoisotopic (exact) mass is 677 g/mol. The van der Waals surface area contributed by atoms with Gasteiger partial charge in [0.15, 0.2) is 17.4 Å². The molecule has 1 fully saturated rings. The Morgan fingerprint density at radius 3 is 2.52 bits per heavy atom. The summed E-state index contributed by atoms with van der Waals surface area (Å²) >= 11 is 0. The van der Waals surface area contributed by atoms with Crippen LogP contribution in [0.15, 0.2) is 41.6 Å². The van der Waals surface area contributed by atoms with E-state index in [9.17, 15) is 24.2 Å². The standard InChI is InChI=1S/C27H36N7O9P.2Na/c1-13(2)41-21-19(43-25(22(21)42-14(3)4)34-12-30-20-23(34)31-27(28)32-24(20)35)11-40-44(38,39)33-18(26(36)37)9-15-10-29-17-8-6-5-7-16(15)17;;/h5-8,10,12-14,18-19,21-22,25,29H,9,11H2,1-4H3,(H,36,37)(H2,33,38,39)(H3,28,31,32,35);;/q;2*+1/p-2/t18?,19-,21-,22-,25-;;/m1../s1. The largest absolute Gasteiger partial charge is 1.00 e. The maximum absolute atomic E-state index is 13.0. The van der Waals surface area contributed by atoms with Gasteiger partial charge in [-0.3, -0.25) is 18.9 Å². The van der Waals surface area contributed by atoms with Crippen LogP contribution in [0.4, 0.5) is 5.95 Å². The van der Waals surface area contributed by atoms with E-state index < -0.39 is 56.5 Å². The minimum absolute atomic E-state index is 0. The van der Waals surface area contributed by atoms with Gasteiger partial charge >= 0.3 is 59.1 Å². The summed E-state index contributed by atoms with van der Waals surface area (Å²) < 4.78 is 38.3. The molecule has 19 heteroatoms. The Labute approximate surface area is 308 Å². The predicted molar refractivity (Wildman–Crippen MR) is 154 cm³/mol. The van der Waals surface area contributed by atoms with Gasteiger partial charge in [0.2, 0.25) is 13.7 Å². The third kappa shape index (κ3) is 8.88. The van der Waals surface area contributed by atoms with Crippen molar-refractivity contribution >= 4 is 41.7 Å². The molecule has 0 bridgehead atoms. The molecule has 5 N–H and O–H groups in total. The number of aromatic amines is 2. The molecule has 1 aliphatic rings. The van der Waals surface area contributed by atoms with Crippen molar-refractivity contribution in [1.82, 2.24) is 29.6 Å². The molecule has 5 rings (SSSR count). The van der Waals surface area contributed by atoms with Crippen LogP contribution in [0.5, 0.6) is 0 Å². The number of carbonyl (C=O) groups is 1. The van der Waals surface area contributed by atoms with Crippen LogP contribution in [0.2, 0.25) is 0 Å². The van der Waals surface area contributed by atoms with Gasteiger partial charge in [0.05, 0.1) is 37.2 Å². The van der Waals surface area contributed by atoms with E-state index >= 15 is 0 Å². The second-order valence-corrected chi connectivity index (χ2v) is 12.5. The van der Waals surface area contributed by atoms with Gasteiger partial charge in [0.25, 0.3) is 5.56 Å². The van der Waals surface area contributed by atoms with Crippen LogP contribution in [-0.2, 0) is 34.5 Å². The van der Waals surface area contributed by atoms with Crippen LogP contribution in [0.25, 0.3) is 22.1 Å². The molecule has 1 aromatic carbocycles. The first-order valence-electron chi connectivity index (χ1n) is 14.0. The van der Waals surface area contributed by atoms with Crippen molar-refractivity contribution in [1.29, 1.82) is 0 Å². The molecule has 238 valence electrons. The molecule has 0 spiro atoms. The van der Waals surface area contributed by atoms with Crippen LogP contribution < -0.4 is 85.5 Å². The fourth-order valence-electron chi connectivity index (χ4n) is 5.24. The number of benzene rings is 1. The summed E-state index contributed by atoms with van der Waals surface area (Å²) in [4.78, 5) is 51.1. The predicted octanol–water partition coefficient (Wildman–Crippen LogP) is -5.89. The van der Waals surface area contributed by atoms with Crippen molar-refractivity contribution in [3.8, 4) is 0 Å². The Morgan fingerprint density at radius 2 is 1.85 bits per heavy atom. The minimum Gasteiger partial charge on any atom is -0.766 e. The zero-order valence-corrected chi connectivity index (χ0v) is 31.4. The number of nitrogens with one attached hydrogen (secondary N) is 3. The number of nitrogens with zero attached hydrogens (tertiary/aromatic N) is 3. The molecule has 6 atom stereocenters. The Kier molecular flexibility index (Phi) is 13.7. The molecular weight excluding hydrogens is 643 g/mol. The van der Waals surface area contributed by atoms with E-state index in [4.69, 9.17) is 24.5 Å². The van der Waals surface area contributed by atoms with Crippen LogP contribution in [0.3, 0.4) is 0 Å². The number of para-hydroxylation sites is 1. The van der Waals surface area contributed by atoms with Gasteiger partial charge in [-0.1, -0.05) is 18.2 Å². The van der Waals surface area contributed by atoms with Gasteiger partial charge in [-0.25, -0.2) is 10.1 Å². The summed E-state index contributed by atoms with van der Waals surface area (Å²) in [6.45, 7) is 6.66. The van der Waals surface area contributed by atoms with Crippen molar-refractivity contribution < 1.29 is 97.2 Å². The third-order valence-electron chi connectivity index (χ3n) is 6.98. The number of imidazole rings is 1. The maximum Gasteiger partial charge on any atom is 1.00 e. The topological polar surface area (TPSA) is 235 Å². The van der Waals surface area contributed by atoms with Gasteiger partial charge in [-0.2, -0.15) is 4.98 Å². The van der Waals surface area contributed by atoms with Crippen molar-refractivity contribution in [2.24, 2.45) is 0 Å². The summed E-state index contributed by atoms with van der Waals surface area (Å²) in [6.07, 6.45) is -1.49. The molecule has 16 nitrogen and oxygen atoms in total. The average molecular weight is 678 g/mol. The molecule has 4 aromatic rings. The number of nitrogen functional groups attached to an aromatic ring is 1. The van der Waals surface area contributed by atoms with E-state index in [2.05, 4.69) is 25.0 Å². The van der Waals surface area contributed by atoms with E-state index in [-0.39, 0.29) is 94.9 Å². The second kappa shape index (κ2) is 16.2. The molecule has 4 heterocycles. The zero-order chi connectivity index (χ0) is 31.8. The number of fused-ring (bicyclic) bond motifs is 2. The number of nitrogens with two attached hydrogens (primary N) is 1. The first-order chi connectivity index (χ1) is 20.8. The molecule has 2 unspecified atom stereocenters. The summed E-state index contributed by atoms with van der Waals surface area (Å²) in [5, 5.41) is 14.8. The number of carboxylic acids is 1. The molecule has 0 aliphatic carbocycles. The van der Waals surface area contributed by atoms with Crippen LogP contribution in [0, 0.1) is 0 Å². The molecule has 3 aromatic heterocycles. The maximum atomic E-state index is 13.0. The van der Waals surface area contributed by atoms with Crippen LogP contribution in [0.1, 0.15) is 39.5 Å². The van der Waals surface area contributed by atoms with E-state index in [1.807, 2.05) is 26.0 Å². The first kappa shape index (κ1) is 38.8. The average Bonchev–Trinajstić information content (AvgIpc) is 3.63. The van der Waals surface area contributed by atoms with E-state index in [0.717, 1.165) is 10.9 Å². The van der Waals surface area contributed by atoms with E-state index in [1.54, 1.807) is 32.2 Å². The molecule has 1 aliphatic heterocycles. The summed E-state index contributed by atoms with van der Waals surface area (Å²) in [5.41, 5.74) is 6.73. The fraction of sp³-hybridized carbons (Fsp3) is 0.481. The molecule has 1 saturated heterocycles. The first-order valence-corrected chi connectivity index (χ1v) is 15.5. The molecule has 0 amide bonds. The molecule has 46 heavy (non-hydrogen) atoms. The molecule has 0 saturated carbocycles. The number of anilines is 1. The number of carboxylic acid groups (broad SMARTS) is 1. The molecular formula is C27H34N7Na2O9P. The fourth-order valence-corrected chi connectivity index (χ4v) is 6.23.